The predicted molar refractivity (Wildman–Crippen MR) is 70.9 cm³/mol. The standard InChI is InChI=1S/C14H24O6/c1-6-16-12(10-8-18-14(4,5)20-10)11(15)9-7-17-13(2,3)19-9/h6,9-12,15H,1,7-8H2,2-5H3/t9?,10?,11-,12-/m1/s1. The number of hydrogen-bond acceptors (Lipinski definition) is 6. The zero-order valence-corrected chi connectivity index (χ0v) is 12.5. The molecule has 0 amide bonds. The molecule has 116 valence electrons. The Bertz CT molecular complexity index is 354. The molecule has 0 saturated carbocycles. The highest BCUT2D eigenvalue weighted by Crippen LogP contribution is 2.31. The van der Waals surface area contributed by atoms with Crippen LogP contribution in [0, 0.1) is 0 Å². The summed E-state index contributed by atoms with van der Waals surface area (Å²) in [6, 6.07) is 0. The van der Waals surface area contributed by atoms with Crippen LogP contribution in [0.3, 0.4) is 0 Å². The topological polar surface area (TPSA) is 66.4 Å². The zero-order valence-electron chi connectivity index (χ0n) is 12.5. The third kappa shape index (κ3) is 3.51. The molecule has 0 bridgehead atoms. The van der Waals surface area contributed by atoms with Gasteiger partial charge in [-0.1, -0.05) is 6.58 Å². The van der Waals surface area contributed by atoms with Crippen molar-refractivity contribution >= 4 is 0 Å². The maximum absolute atomic E-state index is 10.5. The molecule has 0 spiro atoms. The Balaban J connectivity index is 2.03. The molecule has 2 aliphatic rings. The number of rotatable bonds is 5. The number of ether oxygens (including phenoxy) is 5. The monoisotopic (exact) mass is 288 g/mol. The number of aliphatic hydroxyl groups is 1. The minimum absolute atomic E-state index is 0.308. The van der Waals surface area contributed by atoms with Crippen molar-refractivity contribution in [3.8, 4) is 0 Å². The van der Waals surface area contributed by atoms with E-state index in [1.165, 1.54) is 6.26 Å². The van der Waals surface area contributed by atoms with Gasteiger partial charge in [-0.2, -0.15) is 0 Å². The molecule has 0 aromatic carbocycles. The molecule has 2 heterocycles. The molecular weight excluding hydrogens is 264 g/mol. The third-order valence-corrected chi connectivity index (χ3v) is 3.40. The smallest absolute Gasteiger partial charge is 0.163 e. The second-order valence-corrected chi connectivity index (χ2v) is 5.99. The van der Waals surface area contributed by atoms with Crippen LogP contribution in [0.15, 0.2) is 12.8 Å². The van der Waals surface area contributed by atoms with Crippen molar-refractivity contribution in [1.29, 1.82) is 0 Å². The van der Waals surface area contributed by atoms with E-state index in [0.29, 0.717) is 13.2 Å². The highest BCUT2D eigenvalue weighted by molar-refractivity contribution is 4.91. The lowest BCUT2D eigenvalue weighted by Crippen LogP contribution is -2.48. The zero-order chi connectivity index (χ0) is 15.0. The molecule has 1 N–H and O–H groups in total. The molecule has 2 rings (SSSR count). The highest BCUT2D eigenvalue weighted by Gasteiger charge is 2.46. The van der Waals surface area contributed by atoms with E-state index in [2.05, 4.69) is 6.58 Å². The van der Waals surface area contributed by atoms with Gasteiger partial charge in [0.15, 0.2) is 17.7 Å². The van der Waals surface area contributed by atoms with E-state index in [-0.39, 0.29) is 6.10 Å². The first kappa shape index (κ1) is 15.7. The van der Waals surface area contributed by atoms with Gasteiger partial charge in [0.1, 0.15) is 18.3 Å². The van der Waals surface area contributed by atoms with E-state index in [1.807, 2.05) is 13.8 Å². The van der Waals surface area contributed by atoms with Gasteiger partial charge >= 0.3 is 0 Å². The van der Waals surface area contributed by atoms with Crippen LogP contribution in [0.1, 0.15) is 27.7 Å². The normalized spacial score (nSPS) is 34.6. The van der Waals surface area contributed by atoms with Gasteiger partial charge in [0, 0.05) is 0 Å². The average molecular weight is 288 g/mol. The molecule has 2 aliphatic heterocycles. The van der Waals surface area contributed by atoms with Crippen molar-refractivity contribution < 1.29 is 28.8 Å². The summed E-state index contributed by atoms with van der Waals surface area (Å²) in [5.41, 5.74) is 0. The summed E-state index contributed by atoms with van der Waals surface area (Å²) in [4.78, 5) is 0. The van der Waals surface area contributed by atoms with Crippen molar-refractivity contribution in [2.75, 3.05) is 13.2 Å². The first-order valence-corrected chi connectivity index (χ1v) is 6.82. The summed E-state index contributed by atoms with van der Waals surface area (Å²) in [6.07, 6.45) is -1.06. The van der Waals surface area contributed by atoms with E-state index in [0.717, 1.165) is 0 Å². The Morgan fingerprint density at radius 2 is 1.60 bits per heavy atom. The summed E-state index contributed by atoms with van der Waals surface area (Å²) in [6.45, 7) is 11.5. The van der Waals surface area contributed by atoms with E-state index in [4.69, 9.17) is 23.7 Å². The van der Waals surface area contributed by atoms with Gasteiger partial charge < -0.3 is 28.8 Å². The van der Waals surface area contributed by atoms with Gasteiger partial charge in [-0.05, 0) is 27.7 Å². The lowest BCUT2D eigenvalue weighted by molar-refractivity contribution is -0.184. The summed E-state index contributed by atoms with van der Waals surface area (Å²) in [5.74, 6) is -1.38. The fourth-order valence-electron chi connectivity index (χ4n) is 2.47. The molecule has 0 aliphatic carbocycles. The molecule has 2 unspecified atom stereocenters. The largest absolute Gasteiger partial charge is 0.493 e. The van der Waals surface area contributed by atoms with Gasteiger partial charge in [0.05, 0.1) is 19.5 Å². The van der Waals surface area contributed by atoms with Gasteiger partial charge in [0.25, 0.3) is 0 Å². The Labute approximate surface area is 119 Å². The van der Waals surface area contributed by atoms with E-state index in [1.54, 1.807) is 13.8 Å². The number of aliphatic hydroxyl groups excluding tert-OH is 1. The van der Waals surface area contributed by atoms with Crippen LogP contribution in [-0.2, 0) is 23.7 Å². The molecule has 0 radical (unpaired) electrons. The molecule has 2 saturated heterocycles. The third-order valence-electron chi connectivity index (χ3n) is 3.40. The first-order valence-electron chi connectivity index (χ1n) is 6.82. The van der Waals surface area contributed by atoms with Crippen molar-refractivity contribution in [2.24, 2.45) is 0 Å². The molecule has 4 atom stereocenters. The molecular formula is C14H24O6. The van der Waals surface area contributed by atoms with Gasteiger partial charge in [-0.15, -0.1) is 0 Å². The molecule has 0 aromatic heterocycles. The maximum atomic E-state index is 10.5. The number of hydrogen-bond donors (Lipinski definition) is 1. The Kier molecular flexibility index (Phi) is 4.41. The fraction of sp³-hybridized carbons (Fsp3) is 0.857. The van der Waals surface area contributed by atoms with E-state index < -0.39 is 29.9 Å². The molecule has 2 fully saturated rings. The lowest BCUT2D eigenvalue weighted by atomic mass is 10.0. The van der Waals surface area contributed by atoms with Crippen LogP contribution in [0.25, 0.3) is 0 Å². The SMILES string of the molecule is C=CO[C@H](C1COC(C)(C)O1)[C@H](O)C1COC(C)(C)O1. The van der Waals surface area contributed by atoms with Gasteiger partial charge in [-0.3, -0.25) is 0 Å². The van der Waals surface area contributed by atoms with Crippen molar-refractivity contribution in [2.45, 2.75) is 63.7 Å². The summed E-state index contributed by atoms with van der Waals surface area (Å²) in [5, 5.41) is 10.5. The van der Waals surface area contributed by atoms with Crippen LogP contribution in [-0.4, -0.2) is 54.3 Å². The molecule has 6 heteroatoms. The predicted octanol–water partition coefficient (Wildman–Crippen LogP) is 1.18. The minimum Gasteiger partial charge on any atom is -0.493 e. The molecule has 0 aromatic rings. The van der Waals surface area contributed by atoms with Crippen LogP contribution in [0.2, 0.25) is 0 Å². The van der Waals surface area contributed by atoms with E-state index in [9.17, 15) is 5.11 Å². The van der Waals surface area contributed by atoms with Crippen molar-refractivity contribution in [1.82, 2.24) is 0 Å². The summed E-state index contributed by atoms with van der Waals surface area (Å²) in [7, 11) is 0. The minimum atomic E-state index is -0.891. The van der Waals surface area contributed by atoms with Crippen LogP contribution >= 0.6 is 0 Å². The van der Waals surface area contributed by atoms with Crippen molar-refractivity contribution in [3.05, 3.63) is 12.8 Å². The van der Waals surface area contributed by atoms with Crippen LogP contribution < -0.4 is 0 Å². The van der Waals surface area contributed by atoms with Crippen LogP contribution in [0.5, 0.6) is 0 Å². The molecule has 20 heavy (non-hydrogen) atoms. The van der Waals surface area contributed by atoms with Crippen LogP contribution in [0.4, 0.5) is 0 Å². The fourth-order valence-corrected chi connectivity index (χ4v) is 2.47. The summed E-state index contributed by atoms with van der Waals surface area (Å²) >= 11 is 0. The Morgan fingerprint density at radius 1 is 1.10 bits per heavy atom. The second-order valence-electron chi connectivity index (χ2n) is 5.99. The highest BCUT2D eigenvalue weighted by atomic mass is 16.8. The van der Waals surface area contributed by atoms with Gasteiger partial charge in [0.2, 0.25) is 0 Å². The van der Waals surface area contributed by atoms with E-state index >= 15 is 0 Å². The summed E-state index contributed by atoms with van der Waals surface area (Å²) < 4.78 is 27.8. The van der Waals surface area contributed by atoms with Crippen molar-refractivity contribution in [3.63, 3.8) is 0 Å². The van der Waals surface area contributed by atoms with Gasteiger partial charge in [-0.25, -0.2) is 0 Å². The first-order chi connectivity index (χ1) is 9.24. The maximum Gasteiger partial charge on any atom is 0.163 e. The second kappa shape index (κ2) is 5.61. The Morgan fingerprint density at radius 3 is 2.00 bits per heavy atom. The Hall–Kier alpha value is -0.660. The molecule has 6 nitrogen and oxygen atoms in total. The lowest BCUT2D eigenvalue weighted by Gasteiger charge is -2.30. The quantitative estimate of drug-likeness (QED) is 0.766. The average Bonchev–Trinajstić information content (AvgIpc) is 2.88.